The molecular weight excluding hydrogens is 269 g/mol. The molecule has 112 valence electrons. The minimum atomic E-state index is -0.891. The van der Waals surface area contributed by atoms with Crippen molar-refractivity contribution in [3.05, 3.63) is 59.9 Å². The molecule has 0 aliphatic rings. The number of anilines is 1. The van der Waals surface area contributed by atoms with Crippen LogP contribution in [0.1, 0.15) is 25.5 Å². The van der Waals surface area contributed by atoms with Gasteiger partial charge in [-0.25, -0.2) is 4.39 Å². The number of rotatable bonds is 6. The molecule has 2 rings (SSSR count). The van der Waals surface area contributed by atoms with Crippen molar-refractivity contribution >= 4 is 5.69 Å². The van der Waals surface area contributed by atoms with E-state index < -0.39 is 11.9 Å². The third-order valence-corrected chi connectivity index (χ3v) is 2.99. The smallest absolute Gasteiger partial charge is 0.129 e. The maximum absolute atomic E-state index is 13.5. The largest absolute Gasteiger partial charge is 0.491 e. The van der Waals surface area contributed by atoms with E-state index in [1.54, 1.807) is 18.2 Å². The number of hydrogen-bond donors (Lipinski definition) is 2. The maximum atomic E-state index is 13.5. The van der Waals surface area contributed by atoms with Gasteiger partial charge in [-0.2, -0.15) is 0 Å². The Morgan fingerprint density at radius 1 is 1.10 bits per heavy atom. The van der Waals surface area contributed by atoms with Gasteiger partial charge in [0.25, 0.3) is 0 Å². The van der Waals surface area contributed by atoms with E-state index in [0.29, 0.717) is 5.56 Å². The summed E-state index contributed by atoms with van der Waals surface area (Å²) in [7, 11) is 0. The second kappa shape index (κ2) is 7.09. The summed E-state index contributed by atoms with van der Waals surface area (Å²) >= 11 is 0. The Labute approximate surface area is 124 Å². The first-order valence-corrected chi connectivity index (χ1v) is 6.99. The fourth-order valence-electron chi connectivity index (χ4n) is 1.99. The zero-order valence-electron chi connectivity index (χ0n) is 12.2. The minimum absolute atomic E-state index is 0.131. The summed E-state index contributed by atoms with van der Waals surface area (Å²) in [5.41, 5.74) is 1.14. The Morgan fingerprint density at radius 2 is 1.76 bits per heavy atom. The van der Waals surface area contributed by atoms with Crippen LogP contribution < -0.4 is 10.1 Å². The molecule has 0 spiro atoms. The highest BCUT2D eigenvalue weighted by molar-refractivity contribution is 5.46. The minimum Gasteiger partial charge on any atom is -0.491 e. The van der Waals surface area contributed by atoms with E-state index in [-0.39, 0.29) is 12.6 Å². The molecule has 1 unspecified atom stereocenters. The molecule has 0 radical (unpaired) electrons. The lowest BCUT2D eigenvalue weighted by molar-refractivity contribution is 0.186. The lowest BCUT2D eigenvalue weighted by Crippen LogP contribution is -2.13. The molecule has 3 nitrogen and oxygen atoms in total. The molecule has 4 heteroatoms. The maximum Gasteiger partial charge on any atom is 0.129 e. The Kier molecular flexibility index (Phi) is 5.17. The van der Waals surface area contributed by atoms with Crippen molar-refractivity contribution in [2.24, 2.45) is 0 Å². The molecule has 2 N–H and O–H groups in total. The van der Waals surface area contributed by atoms with Crippen LogP contribution in [-0.2, 0) is 0 Å². The first-order valence-electron chi connectivity index (χ1n) is 6.99. The van der Waals surface area contributed by atoms with Crippen molar-refractivity contribution in [1.29, 1.82) is 0 Å². The Morgan fingerprint density at radius 3 is 2.38 bits per heavy atom. The molecule has 21 heavy (non-hydrogen) atoms. The molecule has 0 fully saturated rings. The Hall–Kier alpha value is -2.07. The topological polar surface area (TPSA) is 41.5 Å². The molecule has 0 aliphatic heterocycles. The number of hydrogen-bond acceptors (Lipinski definition) is 3. The van der Waals surface area contributed by atoms with E-state index in [9.17, 15) is 9.50 Å². The van der Waals surface area contributed by atoms with Crippen LogP contribution in [0.2, 0.25) is 0 Å². The number of halogens is 1. The van der Waals surface area contributed by atoms with Gasteiger partial charge in [0, 0.05) is 17.8 Å². The summed E-state index contributed by atoms with van der Waals surface area (Å²) in [5.74, 6) is 0.401. The Balaban J connectivity index is 1.92. The highest BCUT2D eigenvalue weighted by Crippen LogP contribution is 2.20. The quantitative estimate of drug-likeness (QED) is 0.851. The first kappa shape index (κ1) is 15.3. The third kappa shape index (κ3) is 4.46. The standard InChI is InChI=1S/C17H20FNO2/c1-12(2)21-14-9-7-13(8-10-14)19-11-17(20)15-5-3-4-6-16(15)18/h3-10,12,17,19-20H,11H2,1-2H3. The molecule has 0 heterocycles. The molecule has 2 aromatic carbocycles. The summed E-state index contributed by atoms with van der Waals surface area (Å²) < 4.78 is 19.1. The molecular formula is C17H20FNO2. The highest BCUT2D eigenvalue weighted by Gasteiger charge is 2.11. The van der Waals surface area contributed by atoms with Gasteiger partial charge < -0.3 is 15.2 Å². The predicted molar refractivity (Wildman–Crippen MR) is 82.1 cm³/mol. The zero-order chi connectivity index (χ0) is 15.2. The van der Waals surface area contributed by atoms with E-state index in [0.717, 1.165) is 11.4 Å². The number of aliphatic hydroxyl groups is 1. The lowest BCUT2D eigenvalue weighted by atomic mass is 10.1. The highest BCUT2D eigenvalue weighted by atomic mass is 19.1. The molecule has 0 saturated heterocycles. The van der Waals surface area contributed by atoms with Gasteiger partial charge in [-0.15, -0.1) is 0 Å². The second-order valence-electron chi connectivity index (χ2n) is 5.11. The number of nitrogens with one attached hydrogen (secondary N) is 1. The van der Waals surface area contributed by atoms with Gasteiger partial charge in [0.1, 0.15) is 11.6 Å². The normalized spacial score (nSPS) is 12.2. The van der Waals surface area contributed by atoms with Gasteiger partial charge in [0.2, 0.25) is 0 Å². The van der Waals surface area contributed by atoms with Crippen LogP contribution in [0.4, 0.5) is 10.1 Å². The van der Waals surface area contributed by atoms with Crippen molar-refractivity contribution in [2.45, 2.75) is 26.1 Å². The fraction of sp³-hybridized carbons (Fsp3) is 0.294. The van der Waals surface area contributed by atoms with Crippen molar-refractivity contribution in [1.82, 2.24) is 0 Å². The van der Waals surface area contributed by atoms with Gasteiger partial charge in [0.05, 0.1) is 12.2 Å². The third-order valence-electron chi connectivity index (χ3n) is 2.99. The number of ether oxygens (including phenoxy) is 1. The van der Waals surface area contributed by atoms with E-state index >= 15 is 0 Å². The second-order valence-corrected chi connectivity index (χ2v) is 5.11. The molecule has 1 atom stereocenters. The first-order chi connectivity index (χ1) is 10.1. The van der Waals surface area contributed by atoms with Crippen LogP contribution in [0.25, 0.3) is 0 Å². The van der Waals surface area contributed by atoms with Crippen LogP contribution >= 0.6 is 0 Å². The van der Waals surface area contributed by atoms with E-state index in [1.807, 2.05) is 38.1 Å². The molecule has 0 amide bonds. The van der Waals surface area contributed by atoms with Crippen LogP contribution in [0.5, 0.6) is 5.75 Å². The van der Waals surface area contributed by atoms with Crippen molar-refractivity contribution < 1.29 is 14.2 Å². The van der Waals surface area contributed by atoms with Crippen molar-refractivity contribution in [3.63, 3.8) is 0 Å². The predicted octanol–water partition coefficient (Wildman–Crippen LogP) is 3.76. The average molecular weight is 289 g/mol. The summed E-state index contributed by atoms with van der Waals surface area (Å²) in [6.45, 7) is 4.18. The number of aliphatic hydroxyl groups excluding tert-OH is 1. The SMILES string of the molecule is CC(C)Oc1ccc(NCC(O)c2ccccc2F)cc1. The zero-order valence-corrected chi connectivity index (χ0v) is 12.2. The van der Waals surface area contributed by atoms with Gasteiger partial charge in [0.15, 0.2) is 0 Å². The van der Waals surface area contributed by atoms with E-state index in [2.05, 4.69) is 5.32 Å². The number of benzene rings is 2. The molecule has 0 saturated carbocycles. The Bertz CT molecular complexity index is 569. The van der Waals surface area contributed by atoms with Gasteiger partial charge in [-0.3, -0.25) is 0 Å². The summed E-state index contributed by atoms with van der Waals surface area (Å²) in [6.07, 6.45) is -0.760. The van der Waals surface area contributed by atoms with E-state index in [4.69, 9.17) is 4.74 Å². The fourth-order valence-corrected chi connectivity index (χ4v) is 1.99. The van der Waals surface area contributed by atoms with Gasteiger partial charge >= 0.3 is 0 Å². The monoisotopic (exact) mass is 289 g/mol. The summed E-state index contributed by atoms with van der Waals surface area (Å²) in [4.78, 5) is 0. The molecule has 0 bridgehead atoms. The van der Waals surface area contributed by atoms with Gasteiger partial charge in [-0.1, -0.05) is 18.2 Å². The van der Waals surface area contributed by atoms with Crippen LogP contribution in [0.3, 0.4) is 0 Å². The van der Waals surface area contributed by atoms with Crippen LogP contribution in [-0.4, -0.2) is 17.8 Å². The van der Waals surface area contributed by atoms with Crippen molar-refractivity contribution in [2.75, 3.05) is 11.9 Å². The molecule has 0 aromatic heterocycles. The van der Waals surface area contributed by atoms with Crippen LogP contribution in [0, 0.1) is 5.82 Å². The lowest BCUT2D eigenvalue weighted by Gasteiger charge is -2.14. The molecule has 0 aliphatic carbocycles. The van der Waals surface area contributed by atoms with Crippen LogP contribution in [0.15, 0.2) is 48.5 Å². The van der Waals surface area contributed by atoms with Gasteiger partial charge in [-0.05, 0) is 44.2 Å². The van der Waals surface area contributed by atoms with Crippen molar-refractivity contribution in [3.8, 4) is 5.75 Å². The average Bonchev–Trinajstić information content (AvgIpc) is 2.46. The summed E-state index contributed by atoms with van der Waals surface area (Å²) in [5, 5.41) is 13.1. The molecule has 2 aromatic rings. The summed E-state index contributed by atoms with van der Waals surface area (Å²) in [6, 6.07) is 13.7. The van der Waals surface area contributed by atoms with E-state index in [1.165, 1.54) is 6.07 Å².